The van der Waals surface area contributed by atoms with Crippen LogP contribution >= 0.6 is 0 Å². The van der Waals surface area contributed by atoms with Gasteiger partial charge in [-0.1, -0.05) is 92.9 Å². The van der Waals surface area contributed by atoms with Gasteiger partial charge in [-0.05, 0) is 89.0 Å². The van der Waals surface area contributed by atoms with Crippen molar-refractivity contribution in [3.63, 3.8) is 0 Å². The van der Waals surface area contributed by atoms with Crippen molar-refractivity contribution in [1.29, 1.82) is 0 Å². The number of rotatable bonds is 4. The summed E-state index contributed by atoms with van der Waals surface area (Å²) in [4.78, 5) is 31.0. The molecule has 1 fully saturated rings. The van der Waals surface area contributed by atoms with Crippen molar-refractivity contribution < 1.29 is 19.1 Å². The molecule has 1 aromatic heterocycles. The zero-order valence-corrected chi connectivity index (χ0v) is 30.0. The maximum absolute atomic E-state index is 14.7. The fourth-order valence-corrected chi connectivity index (χ4v) is 7.08. The maximum Gasteiger partial charge on any atom is 0.248 e. The lowest BCUT2D eigenvalue weighted by molar-refractivity contribution is -0.127. The smallest absolute Gasteiger partial charge is 0.248 e. The van der Waals surface area contributed by atoms with Crippen LogP contribution in [0.4, 0.5) is 5.69 Å². The van der Waals surface area contributed by atoms with E-state index >= 15 is 0 Å². The van der Waals surface area contributed by atoms with Crippen molar-refractivity contribution in [2.24, 2.45) is 0 Å². The number of ether oxygens (including phenoxy) is 2. The molecular weight excluding hydrogens is 651 g/mol. The highest BCUT2D eigenvalue weighted by molar-refractivity contribution is 6.02. The lowest BCUT2D eigenvalue weighted by atomic mass is 9.93. The number of nitrogens with zero attached hydrogens (tertiary/aromatic N) is 4. The molecule has 4 aliphatic heterocycles. The summed E-state index contributed by atoms with van der Waals surface area (Å²) < 4.78 is 13.9. The zero-order chi connectivity index (χ0) is 35.9. The number of hydrogen-bond donors (Lipinski definition) is 1. The average molecular weight is 698 g/mol. The van der Waals surface area contributed by atoms with E-state index in [-0.39, 0.29) is 24.3 Å². The Labute approximate surface area is 306 Å². The number of carbonyl (C=O) groups is 2. The molecule has 0 spiro atoms. The topological polar surface area (TPSA) is 98.6 Å². The van der Waals surface area contributed by atoms with E-state index < -0.39 is 6.04 Å². The van der Waals surface area contributed by atoms with Crippen molar-refractivity contribution in [1.82, 2.24) is 20.3 Å². The first-order valence-corrected chi connectivity index (χ1v) is 18.6. The molecule has 5 aromatic rings. The predicted molar refractivity (Wildman–Crippen MR) is 202 cm³/mol. The van der Waals surface area contributed by atoms with Crippen LogP contribution in [0.5, 0.6) is 11.5 Å². The van der Waals surface area contributed by atoms with Gasteiger partial charge in [0.15, 0.2) is 0 Å². The van der Waals surface area contributed by atoms with Crippen LogP contribution in [0.25, 0.3) is 11.1 Å². The fourth-order valence-electron chi connectivity index (χ4n) is 7.08. The molecule has 1 saturated carbocycles. The monoisotopic (exact) mass is 697 g/mol. The number of anilines is 1. The van der Waals surface area contributed by atoms with Gasteiger partial charge in [0.2, 0.25) is 11.8 Å². The molecule has 5 aliphatic rings. The van der Waals surface area contributed by atoms with Gasteiger partial charge in [0.05, 0.1) is 19.2 Å². The van der Waals surface area contributed by atoms with Crippen molar-refractivity contribution in [3.8, 4) is 22.6 Å². The Kier molecular flexibility index (Phi) is 10.9. The molecule has 5 heterocycles. The van der Waals surface area contributed by atoms with E-state index in [1.54, 1.807) is 9.58 Å². The highest BCUT2D eigenvalue weighted by atomic mass is 16.5. The molecular formula is C43H47N5O4. The van der Waals surface area contributed by atoms with Gasteiger partial charge in [-0.3, -0.25) is 19.2 Å². The van der Waals surface area contributed by atoms with Gasteiger partial charge in [-0.15, -0.1) is 5.10 Å². The van der Waals surface area contributed by atoms with Crippen LogP contribution in [0.1, 0.15) is 86.7 Å². The van der Waals surface area contributed by atoms with E-state index in [1.165, 1.54) is 12.0 Å². The minimum Gasteiger partial charge on any atom is -0.494 e. The molecule has 52 heavy (non-hydrogen) atoms. The molecule has 9 heteroatoms. The number of hydrogen-bond acceptors (Lipinski definition) is 6. The summed E-state index contributed by atoms with van der Waals surface area (Å²) >= 11 is 0. The lowest BCUT2D eigenvalue weighted by Gasteiger charge is -2.34. The Bertz CT molecular complexity index is 1950. The van der Waals surface area contributed by atoms with Gasteiger partial charge in [0.1, 0.15) is 29.8 Å². The van der Waals surface area contributed by atoms with Crippen molar-refractivity contribution in [2.45, 2.75) is 89.9 Å². The fraction of sp³-hybridized carbons (Fsp3) is 0.349. The van der Waals surface area contributed by atoms with Crippen LogP contribution in [-0.2, 0) is 29.2 Å². The Morgan fingerprint density at radius 1 is 0.827 bits per heavy atom. The van der Waals surface area contributed by atoms with E-state index in [1.807, 2.05) is 91.1 Å². The number of nitrogens with one attached hydrogen (secondary N) is 1. The van der Waals surface area contributed by atoms with Crippen LogP contribution in [0, 0.1) is 0 Å². The molecule has 2 amide bonds. The van der Waals surface area contributed by atoms with Gasteiger partial charge in [-0.2, -0.15) is 0 Å². The minimum absolute atomic E-state index is 0.0807. The molecule has 268 valence electrons. The molecule has 8 bridgehead atoms. The number of amides is 2. The van der Waals surface area contributed by atoms with E-state index in [9.17, 15) is 9.59 Å². The summed E-state index contributed by atoms with van der Waals surface area (Å²) in [5, 5.41) is 11.9. The molecule has 10 rings (SSSR count). The summed E-state index contributed by atoms with van der Waals surface area (Å²) in [5.41, 5.74) is 6.10. The van der Waals surface area contributed by atoms with Gasteiger partial charge >= 0.3 is 0 Å². The highest BCUT2D eigenvalue weighted by Crippen LogP contribution is 2.34. The summed E-state index contributed by atoms with van der Waals surface area (Å²) in [6.45, 7) is 5.77. The minimum atomic E-state index is -0.886. The van der Waals surface area contributed by atoms with Crippen LogP contribution in [-0.4, -0.2) is 39.5 Å². The van der Waals surface area contributed by atoms with Crippen molar-refractivity contribution in [2.75, 3.05) is 11.5 Å². The number of benzene rings is 4. The molecule has 9 nitrogen and oxygen atoms in total. The van der Waals surface area contributed by atoms with Gasteiger partial charge in [0, 0.05) is 24.7 Å². The third-order valence-electron chi connectivity index (χ3n) is 10.0. The highest BCUT2D eigenvalue weighted by Gasteiger charge is 2.34. The first kappa shape index (κ1) is 35.0. The summed E-state index contributed by atoms with van der Waals surface area (Å²) in [6.07, 6.45) is 8.00. The Hall–Kier alpha value is -5.44. The summed E-state index contributed by atoms with van der Waals surface area (Å²) in [7, 11) is 0. The molecule has 0 saturated heterocycles. The lowest BCUT2D eigenvalue weighted by Crippen LogP contribution is -2.47. The third kappa shape index (κ3) is 8.53. The summed E-state index contributed by atoms with van der Waals surface area (Å²) in [6, 6.07) is 30.8. The second-order valence-electron chi connectivity index (χ2n) is 14.2. The van der Waals surface area contributed by atoms with Crippen molar-refractivity contribution >= 4 is 17.5 Å². The summed E-state index contributed by atoms with van der Waals surface area (Å²) in [5.74, 6) is 1.44. The van der Waals surface area contributed by atoms with E-state index in [0.717, 1.165) is 65.8 Å². The quantitative estimate of drug-likeness (QED) is 0.203. The standard InChI is InChI=1S/C43H47N5O4/c1-30(2)32-14-18-38(19-15-32)48-41(49)26-31-12-20-39(21-13-31)51-25-7-24-47-28-37(45-46-47)29-52-40-22-16-33(17-23-40)34-8-6-9-35(27-34)42(48)43(50)44-36-10-4-3-5-11-36/h6,8-9,12-23,27-28,30,36,42H,3-5,7,10-11,24-26,29H2,1-2H3,(H,44,50). The molecule has 1 N–H and O–H groups in total. The van der Waals surface area contributed by atoms with Crippen LogP contribution in [0.3, 0.4) is 0 Å². The number of aromatic nitrogens is 3. The molecule has 4 aromatic carbocycles. The molecule has 0 radical (unpaired) electrons. The largest absolute Gasteiger partial charge is 0.494 e. The number of aryl methyl sites for hydroxylation is 1. The van der Waals surface area contributed by atoms with Crippen LogP contribution in [0.15, 0.2) is 103 Å². The van der Waals surface area contributed by atoms with E-state index in [0.29, 0.717) is 37.1 Å². The predicted octanol–water partition coefficient (Wildman–Crippen LogP) is 8.20. The first-order valence-electron chi connectivity index (χ1n) is 18.6. The van der Waals surface area contributed by atoms with Gasteiger partial charge < -0.3 is 14.8 Å². The molecule has 1 atom stereocenters. The van der Waals surface area contributed by atoms with Crippen molar-refractivity contribution in [3.05, 3.63) is 126 Å². The van der Waals surface area contributed by atoms with Crippen LogP contribution in [0.2, 0.25) is 0 Å². The van der Waals surface area contributed by atoms with E-state index in [4.69, 9.17) is 9.47 Å². The zero-order valence-electron chi connectivity index (χ0n) is 30.0. The Morgan fingerprint density at radius 2 is 1.56 bits per heavy atom. The second kappa shape index (κ2) is 16.3. The number of carbonyl (C=O) groups excluding carboxylic acids is 2. The van der Waals surface area contributed by atoms with E-state index in [2.05, 4.69) is 41.6 Å². The second-order valence-corrected chi connectivity index (χ2v) is 14.2. The Balaban J connectivity index is 1.29. The molecule has 1 unspecified atom stereocenters. The SMILES string of the molecule is CC(C)c1ccc(N2C(=O)Cc3ccc(cc3)OCCCn3cc(nn3)COc3ccc(cc3)-c3cccc(c3)C2C(=O)NC2CCCCC2)cc1. The average Bonchev–Trinajstić information content (AvgIpc) is 3.63. The third-order valence-corrected chi connectivity index (χ3v) is 10.0. The first-order chi connectivity index (χ1) is 25.4. The normalized spacial score (nSPS) is 17.3. The Morgan fingerprint density at radius 3 is 2.31 bits per heavy atom. The van der Waals surface area contributed by atoms with Gasteiger partial charge in [-0.25, -0.2) is 0 Å². The maximum atomic E-state index is 14.7. The van der Waals surface area contributed by atoms with Gasteiger partial charge in [0.25, 0.3) is 0 Å². The molecule has 1 aliphatic carbocycles. The van der Waals surface area contributed by atoms with Crippen LogP contribution < -0.4 is 19.7 Å².